The molecule has 5 nitrogen and oxygen atoms in total. The summed E-state index contributed by atoms with van der Waals surface area (Å²) in [5, 5.41) is 3.38. The summed E-state index contributed by atoms with van der Waals surface area (Å²) in [5.41, 5.74) is 1.10. The van der Waals surface area contributed by atoms with Crippen molar-refractivity contribution in [3.63, 3.8) is 0 Å². The Kier molecular flexibility index (Phi) is 8.82. The summed E-state index contributed by atoms with van der Waals surface area (Å²) in [6.45, 7) is 6.83. The fourth-order valence-electron chi connectivity index (χ4n) is 2.03. The number of benzene rings is 1. The van der Waals surface area contributed by atoms with Gasteiger partial charge in [-0.3, -0.25) is 0 Å². The largest absolute Gasteiger partial charge is 0.497 e. The smallest absolute Gasteiger partial charge is 0.158 e. The zero-order valence-electron chi connectivity index (χ0n) is 13.5. The van der Waals surface area contributed by atoms with Crippen LogP contribution in [0, 0.1) is 0 Å². The molecule has 1 rings (SSSR count). The lowest BCUT2D eigenvalue weighted by Gasteiger charge is -2.17. The van der Waals surface area contributed by atoms with Crippen LogP contribution in [0.15, 0.2) is 18.2 Å². The molecule has 0 unspecified atom stereocenters. The first kappa shape index (κ1) is 17.8. The topological polar surface area (TPSA) is 49.0 Å². The van der Waals surface area contributed by atoms with E-state index in [1.54, 1.807) is 14.2 Å². The fourth-order valence-corrected chi connectivity index (χ4v) is 2.03. The van der Waals surface area contributed by atoms with Crippen LogP contribution in [0.4, 0.5) is 0 Å². The third-order valence-electron chi connectivity index (χ3n) is 3.07. The first-order valence-electron chi connectivity index (χ1n) is 7.39. The monoisotopic (exact) mass is 297 g/mol. The Morgan fingerprint density at radius 3 is 2.33 bits per heavy atom. The minimum absolute atomic E-state index is 0.134. The van der Waals surface area contributed by atoms with Crippen LogP contribution in [0.3, 0.4) is 0 Å². The van der Waals surface area contributed by atoms with Crippen LogP contribution >= 0.6 is 0 Å². The molecule has 0 saturated heterocycles. The Balaban J connectivity index is 2.41. The maximum Gasteiger partial charge on any atom is 0.158 e. The van der Waals surface area contributed by atoms with E-state index in [1.807, 2.05) is 32.0 Å². The van der Waals surface area contributed by atoms with Gasteiger partial charge >= 0.3 is 0 Å². The van der Waals surface area contributed by atoms with Crippen LogP contribution in [0.25, 0.3) is 0 Å². The van der Waals surface area contributed by atoms with Gasteiger partial charge in [0.05, 0.1) is 14.2 Å². The van der Waals surface area contributed by atoms with Gasteiger partial charge in [-0.15, -0.1) is 0 Å². The highest BCUT2D eigenvalue weighted by Crippen LogP contribution is 2.24. The Hall–Kier alpha value is -1.30. The Labute approximate surface area is 127 Å². The van der Waals surface area contributed by atoms with Crippen LogP contribution in [0.5, 0.6) is 11.5 Å². The normalized spacial score (nSPS) is 10.9. The number of rotatable bonds is 11. The van der Waals surface area contributed by atoms with Crippen LogP contribution in [-0.4, -0.2) is 40.3 Å². The van der Waals surface area contributed by atoms with Gasteiger partial charge in [0.1, 0.15) is 11.5 Å². The Bertz CT molecular complexity index is 392. The molecule has 0 radical (unpaired) electrons. The van der Waals surface area contributed by atoms with Crippen LogP contribution in [-0.2, 0) is 16.0 Å². The van der Waals surface area contributed by atoms with Gasteiger partial charge in [0, 0.05) is 44.4 Å². The minimum Gasteiger partial charge on any atom is -0.497 e. The van der Waals surface area contributed by atoms with Gasteiger partial charge in [0.15, 0.2) is 6.29 Å². The molecule has 0 amide bonds. The molecule has 0 aliphatic rings. The summed E-state index contributed by atoms with van der Waals surface area (Å²) in [6.07, 6.45) is 0.686. The van der Waals surface area contributed by atoms with Crippen molar-refractivity contribution in [2.24, 2.45) is 0 Å². The summed E-state index contributed by atoms with van der Waals surface area (Å²) in [6, 6.07) is 5.83. The van der Waals surface area contributed by atoms with Crippen molar-refractivity contribution in [1.29, 1.82) is 0 Å². The van der Waals surface area contributed by atoms with Gasteiger partial charge < -0.3 is 24.3 Å². The van der Waals surface area contributed by atoms with E-state index in [-0.39, 0.29) is 6.29 Å². The highest BCUT2D eigenvalue weighted by Gasteiger charge is 2.08. The van der Waals surface area contributed by atoms with Crippen molar-refractivity contribution in [3.05, 3.63) is 23.8 Å². The second-order valence-corrected chi connectivity index (χ2v) is 4.48. The molecule has 0 aliphatic heterocycles. The molecule has 120 valence electrons. The number of ether oxygens (including phenoxy) is 4. The highest BCUT2D eigenvalue weighted by atomic mass is 16.7. The number of nitrogens with one attached hydrogen (secondary N) is 1. The molecule has 0 aliphatic carbocycles. The number of hydrogen-bond acceptors (Lipinski definition) is 5. The second kappa shape index (κ2) is 10.4. The van der Waals surface area contributed by atoms with E-state index in [4.69, 9.17) is 18.9 Å². The number of hydrogen-bond donors (Lipinski definition) is 1. The van der Waals surface area contributed by atoms with Crippen LogP contribution < -0.4 is 14.8 Å². The lowest BCUT2D eigenvalue weighted by Crippen LogP contribution is -2.24. The minimum atomic E-state index is -0.134. The molecule has 0 aromatic heterocycles. The van der Waals surface area contributed by atoms with Crippen molar-refractivity contribution in [3.8, 4) is 11.5 Å². The van der Waals surface area contributed by atoms with Gasteiger partial charge in [-0.1, -0.05) is 6.07 Å². The molecule has 1 aromatic carbocycles. The predicted molar refractivity (Wildman–Crippen MR) is 82.9 cm³/mol. The van der Waals surface area contributed by atoms with E-state index in [0.29, 0.717) is 13.2 Å². The molecule has 1 N–H and O–H groups in total. The Morgan fingerprint density at radius 1 is 1.05 bits per heavy atom. The van der Waals surface area contributed by atoms with Gasteiger partial charge in [0.2, 0.25) is 0 Å². The van der Waals surface area contributed by atoms with Crippen molar-refractivity contribution >= 4 is 0 Å². The predicted octanol–water partition coefficient (Wildman–Crippen LogP) is 2.58. The Morgan fingerprint density at radius 2 is 1.76 bits per heavy atom. The highest BCUT2D eigenvalue weighted by molar-refractivity contribution is 5.40. The summed E-state index contributed by atoms with van der Waals surface area (Å²) < 4.78 is 21.6. The standard InChI is InChI=1S/C16H27NO4/c1-5-20-16(21-6-2)9-10-17-12-13-7-8-14(18-3)11-15(13)19-4/h7-8,11,16-17H,5-6,9-10,12H2,1-4H3. The first-order chi connectivity index (χ1) is 10.2. The average Bonchev–Trinajstić information content (AvgIpc) is 2.51. The molecule has 1 aromatic rings. The van der Waals surface area contributed by atoms with Gasteiger partial charge in [0.25, 0.3) is 0 Å². The molecule has 0 fully saturated rings. The zero-order valence-corrected chi connectivity index (χ0v) is 13.5. The molecular formula is C16H27NO4. The molecule has 5 heteroatoms. The zero-order chi connectivity index (χ0) is 15.5. The molecule has 0 saturated carbocycles. The quantitative estimate of drug-likeness (QED) is 0.502. The van der Waals surface area contributed by atoms with E-state index in [2.05, 4.69) is 5.32 Å². The second-order valence-electron chi connectivity index (χ2n) is 4.48. The average molecular weight is 297 g/mol. The SMILES string of the molecule is CCOC(CCNCc1ccc(OC)cc1OC)OCC. The summed E-state index contributed by atoms with van der Waals surface area (Å²) in [4.78, 5) is 0. The van der Waals surface area contributed by atoms with Crippen molar-refractivity contribution in [2.45, 2.75) is 33.1 Å². The van der Waals surface area contributed by atoms with Gasteiger partial charge in [-0.25, -0.2) is 0 Å². The molecular weight excluding hydrogens is 270 g/mol. The summed E-state index contributed by atoms with van der Waals surface area (Å²) in [7, 11) is 3.31. The lowest BCUT2D eigenvalue weighted by molar-refractivity contribution is -0.138. The maximum absolute atomic E-state index is 5.51. The number of methoxy groups -OCH3 is 2. The molecule has 21 heavy (non-hydrogen) atoms. The summed E-state index contributed by atoms with van der Waals surface area (Å²) >= 11 is 0. The molecule has 0 heterocycles. The third kappa shape index (κ3) is 6.33. The van der Waals surface area contributed by atoms with Gasteiger partial charge in [-0.2, -0.15) is 0 Å². The van der Waals surface area contributed by atoms with Crippen molar-refractivity contribution in [1.82, 2.24) is 5.32 Å². The van der Waals surface area contributed by atoms with Crippen molar-refractivity contribution in [2.75, 3.05) is 34.0 Å². The van der Waals surface area contributed by atoms with Crippen molar-refractivity contribution < 1.29 is 18.9 Å². The van der Waals surface area contributed by atoms with E-state index in [1.165, 1.54) is 0 Å². The van der Waals surface area contributed by atoms with Crippen LogP contribution in [0.1, 0.15) is 25.8 Å². The van der Waals surface area contributed by atoms with E-state index >= 15 is 0 Å². The first-order valence-corrected chi connectivity index (χ1v) is 7.39. The van der Waals surface area contributed by atoms with Gasteiger partial charge in [-0.05, 0) is 19.9 Å². The molecule has 0 atom stereocenters. The third-order valence-corrected chi connectivity index (χ3v) is 3.07. The lowest BCUT2D eigenvalue weighted by atomic mass is 10.2. The maximum atomic E-state index is 5.51. The van der Waals surface area contributed by atoms with Crippen LogP contribution in [0.2, 0.25) is 0 Å². The van der Waals surface area contributed by atoms with E-state index in [9.17, 15) is 0 Å². The molecule has 0 spiro atoms. The fraction of sp³-hybridized carbons (Fsp3) is 0.625. The van der Waals surface area contributed by atoms with E-state index < -0.39 is 0 Å². The molecule has 0 bridgehead atoms. The summed E-state index contributed by atoms with van der Waals surface area (Å²) in [5.74, 6) is 1.62. The van der Waals surface area contributed by atoms with E-state index in [0.717, 1.165) is 36.6 Å².